The molecule has 8 nitrogen and oxygen atoms in total. The van der Waals surface area contributed by atoms with Gasteiger partial charge in [0, 0.05) is 18.9 Å². The van der Waals surface area contributed by atoms with E-state index in [2.05, 4.69) is 5.32 Å². The first-order valence-electron chi connectivity index (χ1n) is 15.6. The van der Waals surface area contributed by atoms with Crippen LogP contribution in [0.4, 0.5) is 4.79 Å². The van der Waals surface area contributed by atoms with Gasteiger partial charge in [-0.15, -0.1) is 0 Å². The van der Waals surface area contributed by atoms with Gasteiger partial charge in [-0.2, -0.15) is 0 Å². The lowest BCUT2D eigenvalue weighted by Crippen LogP contribution is -2.51. The predicted octanol–water partition coefficient (Wildman–Crippen LogP) is 5.67. The summed E-state index contributed by atoms with van der Waals surface area (Å²) >= 11 is 0. The van der Waals surface area contributed by atoms with Crippen LogP contribution < -0.4 is 5.32 Å². The second-order valence-corrected chi connectivity index (χ2v) is 13.2. The highest BCUT2D eigenvalue weighted by Gasteiger charge is 2.52. The molecule has 41 heavy (non-hydrogen) atoms. The highest BCUT2D eigenvalue weighted by molar-refractivity contribution is 5.93. The largest absolute Gasteiger partial charge is 0.464 e. The van der Waals surface area contributed by atoms with Gasteiger partial charge in [-0.3, -0.25) is 9.59 Å². The van der Waals surface area contributed by atoms with Crippen LogP contribution in [0.15, 0.2) is 30.3 Å². The molecule has 1 aromatic rings. The number of benzene rings is 1. The van der Waals surface area contributed by atoms with Crippen molar-refractivity contribution in [1.82, 2.24) is 10.2 Å². The standard InChI is InChI=1S/C33H48N2O6/c1-5-40-31(38)29-25-18-12-17-24(25)20-35(29)30(37)26(33(2,3)4)19-27(36)28(23-15-10-7-11-16-23)34-32(39)41-21-22-13-8-6-9-14-22/h6,8-9,13-14,23-26,28-29H,5,7,10-12,15-21H2,1-4H3,(H,34,39)/t24-,25-,26+,28-,29-/m0/s1. The molecule has 0 unspecified atom stereocenters. The first kappa shape index (κ1) is 31.0. The van der Waals surface area contributed by atoms with Crippen LogP contribution in [0.2, 0.25) is 0 Å². The summed E-state index contributed by atoms with van der Waals surface area (Å²) in [6.07, 6.45) is 7.19. The SMILES string of the molecule is CCOC(=O)[C@@H]1[C@H]2CCC[C@H]2CN1C(=O)[C@@H](CC(=O)[C@@H](NC(=O)OCc1ccccc1)C1CCCCC1)C(C)(C)C. The molecule has 0 spiro atoms. The Kier molecular flexibility index (Phi) is 10.5. The molecule has 3 fully saturated rings. The van der Waals surface area contributed by atoms with Gasteiger partial charge in [0.1, 0.15) is 12.6 Å². The molecular weight excluding hydrogens is 520 g/mol. The van der Waals surface area contributed by atoms with E-state index >= 15 is 0 Å². The molecular formula is C33H48N2O6. The minimum atomic E-state index is -0.713. The van der Waals surface area contributed by atoms with Crippen LogP contribution in [0.1, 0.15) is 91.0 Å². The molecule has 4 rings (SSSR count). The number of rotatable bonds is 10. The van der Waals surface area contributed by atoms with E-state index in [1.54, 1.807) is 11.8 Å². The highest BCUT2D eigenvalue weighted by Crippen LogP contribution is 2.44. The van der Waals surface area contributed by atoms with Crippen LogP contribution >= 0.6 is 0 Å². The van der Waals surface area contributed by atoms with Crippen molar-refractivity contribution < 1.29 is 28.7 Å². The molecule has 1 aromatic carbocycles. The minimum absolute atomic E-state index is 0.00381. The Morgan fingerprint density at radius 2 is 1.66 bits per heavy atom. The predicted molar refractivity (Wildman–Crippen MR) is 156 cm³/mol. The molecule has 2 aliphatic carbocycles. The van der Waals surface area contributed by atoms with Gasteiger partial charge < -0.3 is 19.7 Å². The van der Waals surface area contributed by atoms with Gasteiger partial charge in [0.15, 0.2) is 5.78 Å². The van der Waals surface area contributed by atoms with Gasteiger partial charge in [0.25, 0.3) is 0 Å². The van der Waals surface area contributed by atoms with E-state index in [1.807, 2.05) is 51.1 Å². The van der Waals surface area contributed by atoms with Crippen LogP contribution in [0.3, 0.4) is 0 Å². The number of hydrogen-bond acceptors (Lipinski definition) is 6. The smallest absolute Gasteiger partial charge is 0.408 e. The summed E-state index contributed by atoms with van der Waals surface area (Å²) < 4.78 is 10.9. The van der Waals surface area contributed by atoms with E-state index in [4.69, 9.17) is 9.47 Å². The quantitative estimate of drug-likeness (QED) is 0.365. The summed E-state index contributed by atoms with van der Waals surface area (Å²) in [4.78, 5) is 55.9. The number of carbonyl (C=O) groups is 4. The Balaban J connectivity index is 1.50. The van der Waals surface area contributed by atoms with Gasteiger partial charge in [0.05, 0.1) is 12.6 Å². The molecule has 1 heterocycles. The summed E-state index contributed by atoms with van der Waals surface area (Å²) in [6, 6.07) is 8.13. The summed E-state index contributed by atoms with van der Waals surface area (Å²) in [5, 5.41) is 2.89. The van der Waals surface area contributed by atoms with Gasteiger partial charge in [-0.25, -0.2) is 9.59 Å². The van der Waals surface area contributed by atoms with Crippen molar-refractivity contribution in [1.29, 1.82) is 0 Å². The number of ketones is 1. The summed E-state index contributed by atoms with van der Waals surface area (Å²) in [5.74, 6) is -0.849. The average Bonchev–Trinajstić information content (AvgIpc) is 3.55. The van der Waals surface area contributed by atoms with E-state index in [9.17, 15) is 19.2 Å². The van der Waals surface area contributed by atoms with Gasteiger partial charge in [0.2, 0.25) is 5.91 Å². The number of ether oxygens (including phenoxy) is 2. The summed E-state index contributed by atoms with van der Waals surface area (Å²) in [7, 11) is 0. The molecule has 3 aliphatic rings. The molecule has 5 atom stereocenters. The van der Waals surface area contributed by atoms with E-state index in [0.717, 1.165) is 56.9 Å². The van der Waals surface area contributed by atoms with Crippen molar-refractivity contribution in [3.05, 3.63) is 35.9 Å². The van der Waals surface area contributed by atoms with Crippen molar-refractivity contribution in [3.63, 3.8) is 0 Å². The topological polar surface area (TPSA) is 102 Å². The number of alkyl carbamates (subject to hydrolysis) is 1. The molecule has 0 aromatic heterocycles. The molecule has 2 saturated carbocycles. The maximum atomic E-state index is 14.2. The third kappa shape index (κ3) is 7.69. The molecule has 1 N–H and O–H groups in total. The van der Waals surface area contributed by atoms with E-state index in [-0.39, 0.29) is 49.1 Å². The van der Waals surface area contributed by atoms with E-state index in [0.29, 0.717) is 12.5 Å². The monoisotopic (exact) mass is 568 g/mol. The third-order valence-electron chi connectivity index (χ3n) is 9.40. The fourth-order valence-corrected chi connectivity index (χ4v) is 7.17. The first-order chi connectivity index (χ1) is 19.6. The minimum Gasteiger partial charge on any atom is -0.464 e. The maximum Gasteiger partial charge on any atom is 0.408 e. The molecule has 2 amide bonds. The number of fused-ring (bicyclic) bond motifs is 1. The Bertz CT molecular complexity index is 1060. The van der Waals surface area contributed by atoms with Crippen LogP contribution in [-0.2, 0) is 30.5 Å². The molecule has 1 saturated heterocycles. The second-order valence-electron chi connectivity index (χ2n) is 13.2. The lowest BCUT2D eigenvalue weighted by atomic mass is 9.74. The van der Waals surface area contributed by atoms with Crippen LogP contribution in [0.5, 0.6) is 0 Å². The van der Waals surface area contributed by atoms with Crippen molar-refractivity contribution in [2.24, 2.45) is 29.1 Å². The number of Topliss-reactive ketones (excluding diaryl/α,β-unsaturated/α-hetero) is 1. The van der Waals surface area contributed by atoms with Crippen molar-refractivity contribution in [2.45, 2.75) is 104 Å². The highest BCUT2D eigenvalue weighted by atomic mass is 16.5. The molecule has 0 radical (unpaired) electrons. The van der Waals surface area contributed by atoms with Gasteiger partial charge in [-0.1, -0.05) is 76.8 Å². The van der Waals surface area contributed by atoms with Crippen LogP contribution in [0.25, 0.3) is 0 Å². The van der Waals surface area contributed by atoms with Crippen molar-refractivity contribution in [3.8, 4) is 0 Å². The Labute approximate surface area is 244 Å². The molecule has 1 aliphatic heterocycles. The number of esters is 1. The summed E-state index contributed by atoms with van der Waals surface area (Å²) in [6.45, 7) is 8.61. The lowest BCUT2D eigenvalue weighted by molar-refractivity contribution is -0.157. The zero-order valence-corrected chi connectivity index (χ0v) is 25.2. The molecule has 226 valence electrons. The number of hydrogen-bond donors (Lipinski definition) is 1. The fourth-order valence-electron chi connectivity index (χ4n) is 7.17. The average molecular weight is 569 g/mol. The van der Waals surface area contributed by atoms with E-state index in [1.165, 1.54) is 0 Å². The third-order valence-corrected chi connectivity index (χ3v) is 9.40. The summed E-state index contributed by atoms with van der Waals surface area (Å²) in [5.41, 5.74) is 0.349. The van der Waals surface area contributed by atoms with Gasteiger partial charge in [-0.05, 0) is 61.3 Å². The van der Waals surface area contributed by atoms with Crippen LogP contribution in [-0.4, -0.2) is 53.9 Å². The second kappa shape index (κ2) is 13.8. The number of nitrogens with one attached hydrogen (secondary N) is 1. The number of carbonyl (C=O) groups excluding carboxylic acids is 4. The zero-order valence-electron chi connectivity index (χ0n) is 25.2. The first-order valence-corrected chi connectivity index (χ1v) is 15.6. The van der Waals surface area contributed by atoms with Crippen molar-refractivity contribution in [2.75, 3.05) is 13.2 Å². The maximum absolute atomic E-state index is 14.2. The Morgan fingerprint density at radius 1 is 0.951 bits per heavy atom. The van der Waals surface area contributed by atoms with E-state index < -0.39 is 29.5 Å². The van der Waals surface area contributed by atoms with Crippen LogP contribution in [0, 0.1) is 29.1 Å². The zero-order chi connectivity index (χ0) is 29.6. The molecule has 8 heteroatoms. The fraction of sp³-hybridized carbons (Fsp3) is 0.697. The number of nitrogens with zero attached hydrogens (tertiary/aromatic N) is 1. The lowest BCUT2D eigenvalue weighted by Gasteiger charge is -2.37. The van der Waals surface area contributed by atoms with Gasteiger partial charge >= 0.3 is 12.1 Å². The normalized spacial score (nSPS) is 24.3. The Morgan fingerprint density at radius 3 is 2.32 bits per heavy atom. The molecule has 0 bridgehead atoms. The Hall–Kier alpha value is -2.90. The van der Waals surface area contributed by atoms with Crippen molar-refractivity contribution >= 4 is 23.8 Å². The number of amides is 2. The number of likely N-dealkylation sites (tertiary alicyclic amines) is 1.